The van der Waals surface area contributed by atoms with Crippen LogP contribution in [0.25, 0.3) is 0 Å². The zero-order chi connectivity index (χ0) is 12.3. The predicted molar refractivity (Wildman–Crippen MR) is 66.3 cm³/mol. The average Bonchev–Trinajstić information content (AvgIpc) is 2.32. The van der Waals surface area contributed by atoms with E-state index < -0.39 is 0 Å². The van der Waals surface area contributed by atoms with E-state index in [4.69, 9.17) is 5.73 Å². The second-order valence-corrected chi connectivity index (χ2v) is 5.59. The lowest BCUT2D eigenvalue weighted by molar-refractivity contribution is -0.128. The fourth-order valence-electron chi connectivity index (χ4n) is 3.05. The topological polar surface area (TPSA) is 75.4 Å². The summed E-state index contributed by atoms with van der Waals surface area (Å²) in [6, 6.07) is 0.144. The van der Waals surface area contributed by atoms with Gasteiger partial charge in [0.25, 0.3) is 0 Å². The van der Waals surface area contributed by atoms with Crippen LogP contribution in [0, 0.1) is 5.92 Å². The van der Waals surface area contributed by atoms with E-state index >= 15 is 0 Å². The Balaban J connectivity index is 1.83. The molecule has 1 amide bonds. The fourth-order valence-corrected chi connectivity index (χ4v) is 3.05. The molecule has 4 atom stereocenters. The zero-order valence-corrected chi connectivity index (χ0v) is 10.4. The lowest BCUT2D eigenvalue weighted by Gasteiger charge is -2.31. The maximum absolute atomic E-state index is 12.1. The number of aliphatic hydroxyl groups is 1. The number of hydrogen-bond acceptors (Lipinski definition) is 3. The molecule has 0 saturated heterocycles. The molecule has 0 aliphatic heterocycles. The second-order valence-electron chi connectivity index (χ2n) is 5.59. The zero-order valence-electron chi connectivity index (χ0n) is 10.4. The molecule has 2 saturated carbocycles. The van der Waals surface area contributed by atoms with Crippen LogP contribution >= 0.6 is 0 Å². The molecule has 2 aliphatic rings. The molecule has 98 valence electrons. The summed E-state index contributed by atoms with van der Waals surface area (Å²) in [6.07, 6.45) is 7.37. The Hall–Kier alpha value is -0.610. The van der Waals surface area contributed by atoms with Crippen molar-refractivity contribution in [3.63, 3.8) is 0 Å². The van der Waals surface area contributed by atoms with Crippen LogP contribution in [-0.4, -0.2) is 29.2 Å². The Morgan fingerprint density at radius 2 is 1.88 bits per heavy atom. The van der Waals surface area contributed by atoms with Crippen LogP contribution in [-0.2, 0) is 4.79 Å². The van der Waals surface area contributed by atoms with E-state index in [0.29, 0.717) is 0 Å². The minimum Gasteiger partial charge on any atom is -0.391 e. The third kappa shape index (κ3) is 3.42. The van der Waals surface area contributed by atoms with Gasteiger partial charge in [-0.15, -0.1) is 0 Å². The van der Waals surface area contributed by atoms with Crippen molar-refractivity contribution in [2.24, 2.45) is 11.7 Å². The Morgan fingerprint density at radius 3 is 2.59 bits per heavy atom. The van der Waals surface area contributed by atoms with Crippen LogP contribution < -0.4 is 11.1 Å². The van der Waals surface area contributed by atoms with E-state index in [1.807, 2.05) is 0 Å². The maximum atomic E-state index is 12.1. The van der Waals surface area contributed by atoms with Gasteiger partial charge in [0.1, 0.15) is 0 Å². The fraction of sp³-hybridized carbons (Fsp3) is 0.923. The summed E-state index contributed by atoms with van der Waals surface area (Å²) in [5, 5.41) is 12.8. The Kier molecular flexibility index (Phi) is 4.40. The summed E-state index contributed by atoms with van der Waals surface area (Å²) in [4.78, 5) is 12.1. The number of nitrogens with one attached hydrogen (secondary N) is 1. The van der Waals surface area contributed by atoms with Gasteiger partial charge in [0.2, 0.25) is 5.91 Å². The number of aliphatic hydroxyl groups excluding tert-OH is 1. The van der Waals surface area contributed by atoms with E-state index in [-0.39, 0.29) is 30.0 Å². The summed E-state index contributed by atoms with van der Waals surface area (Å²) in [6.45, 7) is 0. The van der Waals surface area contributed by atoms with Crippen molar-refractivity contribution < 1.29 is 9.90 Å². The first-order valence-corrected chi connectivity index (χ1v) is 6.91. The molecule has 4 unspecified atom stereocenters. The molecule has 0 heterocycles. The molecule has 2 aliphatic carbocycles. The summed E-state index contributed by atoms with van der Waals surface area (Å²) in [7, 11) is 0. The van der Waals surface area contributed by atoms with Gasteiger partial charge in [-0.05, 0) is 32.1 Å². The molecule has 2 fully saturated rings. The van der Waals surface area contributed by atoms with Crippen LogP contribution in [0.3, 0.4) is 0 Å². The van der Waals surface area contributed by atoms with Crippen molar-refractivity contribution in [3.8, 4) is 0 Å². The van der Waals surface area contributed by atoms with E-state index in [1.54, 1.807) is 0 Å². The first-order chi connectivity index (χ1) is 8.16. The largest absolute Gasteiger partial charge is 0.391 e. The Labute approximate surface area is 103 Å². The molecule has 0 aromatic carbocycles. The Morgan fingerprint density at radius 1 is 1.12 bits per heavy atom. The third-order valence-corrected chi connectivity index (χ3v) is 4.14. The van der Waals surface area contributed by atoms with Gasteiger partial charge in [0, 0.05) is 12.0 Å². The lowest BCUT2D eigenvalue weighted by atomic mass is 9.85. The van der Waals surface area contributed by atoms with E-state index in [9.17, 15) is 9.90 Å². The molecule has 17 heavy (non-hydrogen) atoms. The molecule has 0 spiro atoms. The average molecular weight is 240 g/mol. The van der Waals surface area contributed by atoms with Crippen molar-refractivity contribution in [3.05, 3.63) is 0 Å². The summed E-state index contributed by atoms with van der Waals surface area (Å²) in [5.74, 6) is 0.166. The summed E-state index contributed by atoms with van der Waals surface area (Å²) >= 11 is 0. The molecule has 2 rings (SSSR count). The Bertz CT molecular complexity index is 270. The first-order valence-electron chi connectivity index (χ1n) is 6.91. The quantitative estimate of drug-likeness (QED) is 0.672. The van der Waals surface area contributed by atoms with Gasteiger partial charge in [0.15, 0.2) is 0 Å². The van der Waals surface area contributed by atoms with Crippen molar-refractivity contribution in [2.45, 2.75) is 69.6 Å². The molecular weight excluding hydrogens is 216 g/mol. The van der Waals surface area contributed by atoms with Crippen molar-refractivity contribution >= 4 is 5.91 Å². The summed E-state index contributed by atoms with van der Waals surface area (Å²) < 4.78 is 0. The van der Waals surface area contributed by atoms with Gasteiger partial charge in [0.05, 0.1) is 12.1 Å². The minimum atomic E-state index is -0.357. The van der Waals surface area contributed by atoms with Gasteiger partial charge in [-0.1, -0.05) is 19.3 Å². The molecule has 0 radical (unpaired) electrons. The highest BCUT2D eigenvalue weighted by Gasteiger charge is 2.29. The minimum absolute atomic E-state index is 0.0330. The second kappa shape index (κ2) is 5.83. The van der Waals surface area contributed by atoms with Crippen LogP contribution in [0.4, 0.5) is 0 Å². The summed E-state index contributed by atoms with van der Waals surface area (Å²) in [5.41, 5.74) is 5.89. The third-order valence-electron chi connectivity index (χ3n) is 4.14. The van der Waals surface area contributed by atoms with Gasteiger partial charge in [-0.3, -0.25) is 4.79 Å². The number of carbonyl (C=O) groups excluding carboxylic acids is 1. The van der Waals surface area contributed by atoms with Gasteiger partial charge in [-0.25, -0.2) is 0 Å². The number of rotatable bonds is 2. The molecule has 0 aromatic rings. The number of amides is 1. The van der Waals surface area contributed by atoms with Crippen LogP contribution in [0.2, 0.25) is 0 Å². The highest BCUT2D eigenvalue weighted by molar-refractivity contribution is 5.79. The molecule has 0 bridgehead atoms. The van der Waals surface area contributed by atoms with Gasteiger partial charge in [-0.2, -0.15) is 0 Å². The maximum Gasteiger partial charge on any atom is 0.223 e. The standard InChI is InChI=1S/C13H24N2O2/c14-10-5-3-4-9(8-10)13(17)15-11-6-1-2-7-12(11)16/h9-12,16H,1-8,14H2,(H,15,17). The molecular formula is C13H24N2O2. The van der Waals surface area contributed by atoms with Crippen LogP contribution in [0.1, 0.15) is 51.4 Å². The molecule has 4 N–H and O–H groups in total. The van der Waals surface area contributed by atoms with E-state index in [1.165, 1.54) is 0 Å². The number of nitrogens with two attached hydrogens (primary N) is 1. The molecule has 4 nitrogen and oxygen atoms in total. The van der Waals surface area contributed by atoms with Gasteiger partial charge >= 0.3 is 0 Å². The highest BCUT2D eigenvalue weighted by atomic mass is 16.3. The SMILES string of the molecule is NC1CCCC(C(=O)NC2CCCCC2O)C1. The molecule has 0 aromatic heterocycles. The van der Waals surface area contributed by atoms with Crippen LogP contribution in [0.5, 0.6) is 0 Å². The monoisotopic (exact) mass is 240 g/mol. The number of carbonyl (C=O) groups is 1. The molecule has 4 heteroatoms. The van der Waals surface area contributed by atoms with Crippen molar-refractivity contribution in [1.82, 2.24) is 5.32 Å². The lowest BCUT2D eigenvalue weighted by Crippen LogP contribution is -2.48. The van der Waals surface area contributed by atoms with Crippen molar-refractivity contribution in [2.75, 3.05) is 0 Å². The number of hydrogen-bond donors (Lipinski definition) is 3. The first kappa shape index (κ1) is 12.8. The van der Waals surface area contributed by atoms with Crippen molar-refractivity contribution in [1.29, 1.82) is 0 Å². The predicted octanol–water partition coefficient (Wildman–Crippen LogP) is 0.924. The van der Waals surface area contributed by atoms with E-state index in [2.05, 4.69) is 5.32 Å². The van der Waals surface area contributed by atoms with Gasteiger partial charge < -0.3 is 16.2 Å². The smallest absolute Gasteiger partial charge is 0.223 e. The highest BCUT2D eigenvalue weighted by Crippen LogP contribution is 2.24. The van der Waals surface area contributed by atoms with E-state index in [0.717, 1.165) is 51.4 Å². The normalized spacial score (nSPS) is 38.7. The van der Waals surface area contributed by atoms with Crippen LogP contribution in [0.15, 0.2) is 0 Å².